The summed E-state index contributed by atoms with van der Waals surface area (Å²) in [6, 6.07) is 3.00. The summed E-state index contributed by atoms with van der Waals surface area (Å²) < 4.78 is 15.2. The van der Waals surface area contributed by atoms with Crippen molar-refractivity contribution in [2.24, 2.45) is 0 Å². The van der Waals surface area contributed by atoms with Crippen LogP contribution in [0.15, 0.2) is 12.1 Å². The number of anilines is 1. The average Bonchev–Trinajstić information content (AvgIpc) is 2.29. The van der Waals surface area contributed by atoms with Gasteiger partial charge in [-0.2, -0.15) is 0 Å². The van der Waals surface area contributed by atoms with Gasteiger partial charge in [0.25, 0.3) is 0 Å². The highest BCUT2D eigenvalue weighted by molar-refractivity contribution is 5.91. The van der Waals surface area contributed by atoms with E-state index in [0.717, 1.165) is 0 Å². The van der Waals surface area contributed by atoms with Gasteiger partial charge in [-0.05, 0) is 0 Å². The second-order valence-electron chi connectivity index (χ2n) is 3.48. The van der Waals surface area contributed by atoms with E-state index in [0.29, 0.717) is 17.2 Å². The fourth-order valence-corrected chi connectivity index (χ4v) is 1.39. The Morgan fingerprint density at radius 3 is 2.00 bits per heavy atom. The molecular weight excluding hydrogens is 238 g/mol. The molecule has 1 N–H and O–H groups in total. The predicted octanol–water partition coefficient (Wildman–Crippen LogP) is 1.59. The molecule has 1 aromatic rings. The molecule has 98 valence electrons. The number of amides is 1. The first-order valence-electron chi connectivity index (χ1n) is 5.20. The van der Waals surface area contributed by atoms with Crippen molar-refractivity contribution < 1.29 is 23.8 Å². The standard InChI is InChI=1S/C12H15NO5/c1-7(14)13-9-5-11(16-3)12(17-4)6-10(9)18-8(2)15/h5-6H,1-4H3,(H,13,14). The Bertz CT molecular complexity index is 427. The third-order valence-corrected chi connectivity index (χ3v) is 2.05. The number of ether oxygens (including phenoxy) is 3. The van der Waals surface area contributed by atoms with E-state index in [1.807, 2.05) is 0 Å². The molecule has 0 bridgehead atoms. The van der Waals surface area contributed by atoms with Crippen LogP contribution in [0.2, 0.25) is 0 Å². The number of hydrogen-bond donors (Lipinski definition) is 1. The fourth-order valence-electron chi connectivity index (χ4n) is 1.39. The van der Waals surface area contributed by atoms with Gasteiger partial charge in [-0.3, -0.25) is 9.59 Å². The Morgan fingerprint density at radius 1 is 1.00 bits per heavy atom. The molecule has 0 unspecified atom stereocenters. The van der Waals surface area contributed by atoms with Gasteiger partial charge in [0, 0.05) is 26.0 Å². The molecule has 1 amide bonds. The summed E-state index contributed by atoms with van der Waals surface area (Å²) in [6.45, 7) is 2.63. The second kappa shape index (κ2) is 5.90. The van der Waals surface area contributed by atoms with E-state index in [4.69, 9.17) is 14.2 Å². The summed E-state index contributed by atoms with van der Waals surface area (Å²) in [5, 5.41) is 2.55. The lowest BCUT2D eigenvalue weighted by atomic mass is 10.2. The zero-order valence-electron chi connectivity index (χ0n) is 10.7. The summed E-state index contributed by atoms with van der Waals surface area (Å²) in [5.41, 5.74) is 0.343. The fraction of sp³-hybridized carbons (Fsp3) is 0.333. The molecule has 0 spiro atoms. The van der Waals surface area contributed by atoms with E-state index in [9.17, 15) is 9.59 Å². The summed E-state index contributed by atoms with van der Waals surface area (Å²) >= 11 is 0. The first-order chi connectivity index (χ1) is 8.47. The Morgan fingerprint density at radius 2 is 1.56 bits per heavy atom. The van der Waals surface area contributed by atoms with Crippen LogP contribution >= 0.6 is 0 Å². The van der Waals surface area contributed by atoms with E-state index >= 15 is 0 Å². The quantitative estimate of drug-likeness (QED) is 0.651. The van der Waals surface area contributed by atoms with Gasteiger partial charge in [0.15, 0.2) is 17.2 Å². The number of nitrogens with one attached hydrogen (secondary N) is 1. The molecule has 0 heterocycles. The van der Waals surface area contributed by atoms with Crippen molar-refractivity contribution in [3.05, 3.63) is 12.1 Å². The molecule has 0 radical (unpaired) electrons. The number of carbonyl (C=O) groups excluding carboxylic acids is 2. The minimum absolute atomic E-state index is 0.204. The number of esters is 1. The van der Waals surface area contributed by atoms with E-state index in [1.54, 1.807) is 0 Å². The van der Waals surface area contributed by atoms with Gasteiger partial charge in [-0.15, -0.1) is 0 Å². The predicted molar refractivity (Wildman–Crippen MR) is 65.2 cm³/mol. The molecule has 1 aromatic carbocycles. The molecule has 0 saturated carbocycles. The zero-order valence-corrected chi connectivity index (χ0v) is 10.7. The number of rotatable bonds is 4. The van der Waals surface area contributed by atoms with Crippen LogP contribution in [0.25, 0.3) is 0 Å². The molecule has 0 saturated heterocycles. The highest BCUT2D eigenvalue weighted by Gasteiger charge is 2.14. The summed E-state index contributed by atoms with van der Waals surface area (Å²) in [4.78, 5) is 22.1. The molecule has 0 fully saturated rings. The Labute approximate surface area is 105 Å². The van der Waals surface area contributed by atoms with Gasteiger partial charge < -0.3 is 19.5 Å². The molecule has 0 atom stereocenters. The molecule has 0 aliphatic carbocycles. The molecular formula is C12H15NO5. The monoisotopic (exact) mass is 253 g/mol. The van der Waals surface area contributed by atoms with Gasteiger partial charge in [-0.25, -0.2) is 0 Å². The maximum atomic E-state index is 11.1. The van der Waals surface area contributed by atoms with Crippen LogP contribution in [-0.2, 0) is 9.59 Å². The highest BCUT2D eigenvalue weighted by atomic mass is 16.5. The van der Waals surface area contributed by atoms with Gasteiger partial charge in [0.1, 0.15) is 0 Å². The molecule has 1 rings (SSSR count). The van der Waals surface area contributed by atoms with Crippen molar-refractivity contribution in [3.8, 4) is 17.2 Å². The lowest BCUT2D eigenvalue weighted by Gasteiger charge is -2.14. The molecule has 0 aromatic heterocycles. The minimum Gasteiger partial charge on any atom is -0.493 e. The zero-order chi connectivity index (χ0) is 13.7. The van der Waals surface area contributed by atoms with Crippen LogP contribution < -0.4 is 19.5 Å². The third-order valence-electron chi connectivity index (χ3n) is 2.05. The minimum atomic E-state index is -0.492. The maximum Gasteiger partial charge on any atom is 0.308 e. The first-order valence-corrected chi connectivity index (χ1v) is 5.20. The third kappa shape index (κ3) is 3.38. The lowest BCUT2D eigenvalue weighted by Crippen LogP contribution is -2.10. The lowest BCUT2D eigenvalue weighted by molar-refractivity contribution is -0.131. The molecule has 0 aliphatic heterocycles. The Balaban J connectivity index is 3.25. The van der Waals surface area contributed by atoms with Crippen LogP contribution in [-0.4, -0.2) is 26.1 Å². The van der Waals surface area contributed by atoms with Crippen LogP contribution in [0.1, 0.15) is 13.8 Å². The number of carbonyl (C=O) groups is 2. The SMILES string of the molecule is COc1cc(NC(C)=O)c(OC(C)=O)cc1OC. The number of benzene rings is 1. The van der Waals surface area contributed by atoms with E-state index in [-0.39, 0.29) is 11.7 Å². The summed E-state index contributed by atoms with van der Waals surface area (Å²) in [7, 11) is 2.94. The molecule has 18 heavy (non-hydrogen) atoms. The second-order valence-corrected chi connectivity index (χ2v) is 3.48. The first kappa shape index (κ1) is 13.8. The van der Waals surface area contributed by atoms with Crippen molar-refractivity contribution in [3.63, 3.8) is 0 Å². The topological polar surface area (TPSA) is 73.9 Å². The Hall–Kier alpha value is -2.24. The molecule has 6 heteroatoms. The van der Waals surface area contributed by atoms with Crippen LogP contribution in [0.3, 0.4) is 0 Å². The van der Waals surface area contributed by atoms with Gasteiger partial charge in [-0.1, -0.05) is 0 Å². The maximum absolute atomic E-state index is 11.1. The van der Waals surface area contributed by atoms with Crippen molar-refractivity contribution in [2.45, 2.75) is 13.8 Å². The van der Waals surface area contributed by atoms with Crippen molar-refractivity contribution in [1.82, 2.24) is 0 Å². The van der Waals surface area contributed by atoms with Gasteiger partial charge >= 0.3 is 5.97 Å². The van der Waals surface area contributed by atoms with E-state index < -0.39 is 5.97 Å². The van der Waals surface area contributed by atoms with Crippen LogP contribution in [0.5, 0.6) is 17.2 Å². The highest BCUT2D eigenvalue weighted by Crippen LogP contribution is 2.38. The molecule has 6 nitrogen and oxygen atoms in total. The van der Waals surface area contributed by atoms with E-state index in [2.05, 4.69) is 5.32 Å². The van der Waals surface area contributed by atoms with Crippen molar-refractivity contribution in [2.75, 3.05) is 19.5 Å². The molecule has 0 aliphatic rings. The number of methoxy groups -OCH3 is 2. The van der Waals surface area contributed by atoms with Gasteiger partial charge in [0.2, 0.25) is 5.91 Å². The normalized spacial score (nSPS) is 9.56. The average molecular weight is 253 g/mol. The van der Waals surface area contributed by atoms with Gasteiger partial charge in [0.05, 0.1) is 19.9 Å². The summed E-state index contributed by atoms with van der Waals surface area (Å²) in [6.07, 6.45) is 0. The van der Waals surface area contributed by atoms with E-state index in [1.165, 1.54) is 40.2 Å². The summed E-state index contributed by atoms with van der Waals surface area (Å²) in [5.74, 6) is 0.264. The van der Waals surface area contributed by atoms with Crippen molar-refractivity contribution >= 4 is 17.6 Å². The smallest absolute Gasteiger partial charge is 0.308 e. The van der Waals surface area contributed by atoms with Crippen LogP contribution in [0.4, 0.5) is 5.69 Å². The number of hydrogen-bond acceptors (Lipinski definition) is 5. The largest absolute Gasteiger partial charge is 0.493 e. The van der Waals surface area contributed by atoms with Crippen molar-refractivity contribution in [1.29, 1.82) is 0 Å². The Kier molecular flexibility index (Phi) is 4.53. The van der Waals surface area contributed by atoms with Crippen LogP contribution in [0, 0.1) is 0 Å².